The van der Waals surface area contributed by atoms with Crippen LogP contribution in [-0.4, -0.2) is 30.9 Å². The summed E-state index contributed by atoms with van der Waals surface area (Å²) in [5.74, 6) is -0.162. The molecule has 0 radical (unpaired) electrons. The summed E-state index contributed by atoms with van der Waals surface area (Å²) < 4.78 is 5.52. The summed E-state index contributed by atoms with van der Waals surface area (Å²) in [5.41, 5.74) is 0.612. The van der Waals surface area contributed by atoms with Crippen LogP contribution in [0.4, 0.5) is 0 Å². The molecular weight excluding hydrogens is 254 g/mol. The number of hydroxylamine groups is 2. The second-order valence-electron chi connectivity index (χ2n) is 4.84. The Kier molecular flexibility index (Phi) is 3.67. The van der Waals surface area contributed by atoms with Crippen LogP contribution < -0.4 is 0 Å². The lowest BCUT2D eigenvalue weighted by molar-refractivity contribution is -0.186. The molecule has 1 unspecified atom stereocenters. The summed E-state index contributed by atoms with van der Waals surface area (Å²) in [5, 5.41) is 3.49. The van der Waals surface area contributed by atoms with Gasteiger partial charge in [-0.2, -0.15) is 5.06 Å². The number of rotatable bonds is 3. The van der Waals surface area contributed by atoms with Gasteiger partial charge in [0.15, 0.2) is 6.23 Å². The zero-order valence-electron chi connectivity index (χ0n) is 11.4. The number of ether oxygens (including phenoxy) is 1. The zero-order valence-corrected chi connectivity index (χ0v) is 11.4. The summed E-state index contributed by atoms with van der Waals surface area (Å²) >= 11 is 0. The van der Waals surface area contributed by atoms with Gasteiger partial charge >= 0.3 is 0 Å². The van der Waals surface area contributed by atoms with E-state index in [-0.39, 0.29) is 12.1 Å². The highest BCUT2D eigenvalue weighted by Gasteiger charge is 2.28. The van der Waals surface area contributed by atoms with E-state index in [1.54, 1.807) is 0 Å². The van der Waals surface area contributed by atoms with E-state index in [9.17, 15) is 4.79 Å². The van der Waals surface area contributed by atoms with Gasteiger partial charge in [0, 0.05) is 12.2 Å². The van der Waals surface area contributed by atoms with Gasteiger partial charge < -0.3 is 4.74 Å². The molecule has 1 atom stereocenters. The molecule has 20 heavy (non-hydrogen) atoms. The van der Waals surface area contributed by atoms with Crippen molar-refractivity contribution in [1.29, 1.82) is 0 Å². The topological polar surface area (TPSA) is 38.8 Å². The molecule has 0 aliphatic carbocycles. The Balaban J connectivity index is 1.90. The Morgan fingerprint density at radius 3 is 2.75 bits per heavy atom. The molecule has 1 amide bonds. The van der Waals surface area contributed by atoms with Gasteiger partial charge in [-0.05, 0) is 35.7 Å². The van der Waals surface area contributed by atoms with E-state index in [0.29, 0.717) is 12.2 Å². The first-order valence-electron chi connectivity index (χ1n) is 6.77. The van der Waals surface area contributed by atoms with E-state index in [2.05, 4.69) is 0 Å². The number of nitrogens with zero attached hydrogens (tertiary/aromatic N) is 1. The maximum absolute atomic E-state index is 12.5. The van der Waals surface area contributed by atoms with E-state index in [4.69, 9.17) is 9.57 Å². The average molecular weight is 271 g/mol. The van der Waals surface area contributed by atoms with Crippen molar-refractivity contribution < 1.29 is 14.4 Å². The van der Waals surface area contributed by atoms with Crippen molar-refractivity contribution in [2.75, 3.05) is 13.7 Å². The Morgan fingerprint density at radius 2 is 2.05 bits per heavy atom. The van der Waals surface area contributed by atoms with Crippen molar-refractivity contribution in [2.45, 2.75) is 19.1 Å². The van der Waals surface area contributed by atoms with Crippen LogP contribution >= 0.6 is 0 Å². The average Bonchev–Trinajstić information content (AvgIpc) is 3.01. The van der Waals surface area contributed by atoms with Crippen LogP contribution in [0.15, 0.2) is 42.5 Å². The van der Waals surface area contributed by atoms with E-state index >= 15 is 0 Å². The first-order chi connectivity index (χ1) is 9.79. The summed E-state index contributed by atoms with van der Waals surface area (Å²) in [6.07, 6.45) is 1.49. The maximum atomic E-state index is 12.5. The molecule has 0 bridgehead atoms. The Hall–Kier alpha value is -1.91. The second kappa shape index (κ2) is 5.61. The van der Waals surface area contributed by atoms with Crippen molar-refractivity contribution in [3.05, 3.63) is 48.0 Å². The summed E-state index contributed by atoms with van der Waals surface area (Å²) in [6.45, 7) is 0.676. The van der Waals surface area contributed by atoms with E-state index in [0.717, 1.165) is 23.6 Å². The number of benzene rings is 2. The van der Waals surface area contributed by atoms with Crippen LogP contribution in [0.25, 0.3) is 10.8 Å². The highest BCUT2D eigenvalue weighted by atomic mass is 16.7. The number of fused-ring (bicyclic) bond motifs is 1. The lowest BCUT2D eigenvalue weighted by Crippen LogP contribution is -2.39. The normalized spacial score (nSPS) is 18.4. The maximum Gasteiger partial charge on any atom is 0.279 e. The molecule has 1 fully saturated rings. The SMILES string of the molecule is CON(C(=O)c1ccc2ccccc2c1)C1CCCO1. The molecular formula is C16H17NO3. The lowest BCUT2D eigenvalue weighted by atomic mass is 10.1. The predicted octanol–water partition coefficient (Wildman–Crippen LogP) is 2.98. The van der Waals surface area contributed by atoms with Gasteiger partial charge in [0.05, 0.1) is 7.11 Å². The monoisotopic (exact) mass is 271 g/mol. The van der Waals surface area contributed by atoms with Crippen molar-refractivity contribution >= 4 is 16.7 Å². The Bertz CT molecular complexity index is 620. The highest BCUT2D eigenvalue weighted by Crippen LogP contribution is 2.21. The third-order valence-corrected chi connectivity index (χ3v) is 3.56. The summed E-state index contributed by atoms with van der Waals surface area (Å²) in [6, 6.07) is 13.6. The van der Waals surface area contributed by atoms with Crippen molar-refractivity contribution in [3.8, 4) is 0 Å². The minimum absolute atomic E-state index is 0.162. The lowest BCUT2D eigenvalue weighted by Gasteiger charge is -2.25. The number of carbonyl (C=O) groups excluding carboxylic acids is 1. The van der Waals surface area contributed by atoms with Crippen LogP contribution in [0.5, 0.6) is 0 Å². The van der Waals surface area contributed by atoms with Crippen LogP contribution in [0, 0.1) is 0 Å². The van der Waals surface area contributed by atoms with Gasteiger partial charge in [0.2, 0.25) is 0 Å². The summed E-state index contributed by atoms with van der Waals surface area (Å²) in [7, 11) is 1.50. The molecule has 1 aliphatic rings. The Morgan fingerprint density at radius 1 is 1.25 bits per heavy atom. The minimum atomic E-state index is -0.279. The fourth-order valence-corrected chi connectivity index (χ4v) is 2.53. The Labute approximate surface area is 117 Å². The predicted molar refractivity (Wildman–Crippen MR) is 76.1 cm³/mol. The molecule has 4 nitrogen and oxygen atoms in total. The fraction of sp³-hybridized carbons (Fsp3) is 0.312. The fourth-order valence-electron chi connectivity index (χ4n) is 2.53. The van der Waals surface area contributed by atoms with Crippen molar-refractivity contribution in [2.24, 2.45) is 0 Å². The quantitative estimate of drug-likeness (QED) is 0.806. The molecule has 0 aromatic heterocycles. The molecule has 2 aromatic rings. The summed E-state index contributed by atoms with van der Waals surface area (Å²) in [4.78, 5) is 17.7. The van der Waals surface area contributed by atoms with Gasteiger partial charge in [-0.25, -0.2) is 0 Å². The first kappa shape index (κ1) is 13.1. The zero-order chi connectivity index (χ0) is 13.9. The molecule has 1 heterocycles. The first-order valence-corrected chi connectivity index (χ1v) is 6.77. The van der Waals surface area contributed by atoms with Crippen molar-refractivity contribution in [1.82, 2.24) is 5.06 Å². The van der Waals surface area contributed by atoms with Crippen LogP contribution in [0.1, 0.15) is 23.2 Å². The van der Waals surface area contributed by atoms with Gasteiger partial charge in [-0.3, -0.25) is 9.63 Å². The molecule has 1 aliphatic heterocycles. The van der Waals surface area contributed by atoms with E-state index in [1.807, 2.05) is 42.5 Å². The standard InChI is InChI=1S/C16H17NO3/c1-19-17(15-7-4-10-20-15)16(18)14-9-8-12-5-2-3-6-13(12)11-14/h2-3,5-6,8-9,11,15H,4,7,10H2,1H3. The van der Waals surface area contributed by atoms with E-state index in [1.165, 1.54) is 12.2 Å². The van der Waals surface area contributed by atoms with Crippen LogP contribution in [0.2, 0.25) is 0 Å². The van der Waals surface area contributed by atoms with Gasteiger partial charge in [0.1, 0.15) is 0 Å². The molecule has 0 saturated carbocycles. The molecule has 4 heteroatoms. The van der Waals surface area contributed by atoms with E-state index < -0.39 is 0 Å². The van der Waals surface area contributed by atoms with Crippen molar-refractivity contribution in [3.63, 3.8) is 0 Å². The number of carbonyl (C=O) groups is 1. The van der Waals surface area contributed by atoms with Gasteiger partial charge in [-0.15, -0.1) is 0 Å². The molecule has 1 saturated heterocycles. The number of hydrogen-bond acceptors (Lipinski definition) is 3. The largest absolute Gasteiger partial charge is 0.356 e. The number of hydrogen-bond donors (Lipinski definition) is 0. The van der Waals surface area contributed by atoms with Gasteiger partial charge in [-0.1, -0.05) is 30.3 Å². The third-order valence-electron chi connectivity index (χ3n) is 3.56. The minimum Gasteiger partial charge on any atom is -0.356 e. The molecule has 104 valence electrons. The number of amides is 1. The third kappa shape index (κ3) is 2.40. The van der Waals surface area contributed by atoms with Crippen LogP contribution in [-0.2, 0) is 9.57 Å². The molecule has 3 rings (SSSR count). The molecule has 2 aromatic carbocycles. The highest BCUT2D eigenvalue weighted by molar-refractivity contribution is 5.98. The van der Waals surface area contributed by atoms with Gasteiger partial charge in [0.25, 0.3) is 5.91 Å². The van der Waals surface area contributed by atoms with Crippen LogP contribution in [0.3, 0.4) is 0 Å². The molecule has 0 spiro atoms. The molecule has 0 N–H and O–H groups in total. The smallest absolute Gasteiger partial charge is 0.279 e. The second-order valence-corrected chi connectivity index (χ2v) is 4.84.